The van der Waals surface area contributed by atoms with Crippen LogP contribution >= 0.6 is 11.6 Å². The van der Waals surface area contributed by atoms with Gasteiger partial charge in [-0.25, -0.2) is 0 Å². The maximum absolute atomic E-state index is 11.6. The first-order valence-corrected chi connectivity index (χ1v) is 9.69. The Morgan fingerprint density at radius 2 is 2.00 bits per heavy atom. The lowest BCUT2D eigenvalue weighted by Crippen LogP contribution is -2.40. The van der Waals surface area contributed by atoms with Crippen molar-refractivity contribution in [1.82, 2.24) is 0 Å². The second-order valence-corrected chi connectivity index (χ2v) is 7.57. The molecule has 0 bridgehead atoms. The number of carbonyl (C=O) groups is 1. The molecule has 0 aliphatic carbocycles. The molecule has 1 N–H and O–H groups in total. The molecule has 29 heavy (non-hydrogen) atoms. The first kappa shape index (κ1) is 21.1. The van der Waals surface area contributed by atoms with Crippen LogP contribution < -0.4 is 10.1 Å². The summed E-state index contributed by atoms with van der Waals surface area (Å²) in [6.07, 6.45) is 1.44. The van der Waals surface area contributed by atoms with E-state index in [0.29, 0.717) is 36.0 Å². The summed E-state index contributed by atoms with van der Waals surface area (Å²) in [4.78, 5) is 22.7. The molecule has 0 saturated carbocycles. The van der Waals surface area contributed by atoms with Gasteiger partial charge in [0.2, 0.25) is 0 Å². The minimum Gasteiger partial charge on any atom is -0.496 e. The van der Waals surface area contributed by atoms with Crippen LogP contribution in [0.4, 0.5) is 11.4 Å². The predicted molar refractivity (Wildman–Crippen MR) is 111 cm³/mol. The molecule has 2 aromatic carbocycles. The van der Waals surface area contributed by atoms with Crippen molar-refractivity contribution in [3.63, 3.8) is 0 Å². The highest BCUT2D eigenvalue weighted by Gasteiger charge is 2.37. The molecule has 3 rings (SSSR count). The number of methoxy groups -OCH3 is 1. The fourth-order valence-corrected chi connectivity index (χ4v) is 3.89. The summed E-state index contributed by atoms with van der Waals surface area (Å²) in [6.45, 7) is 2.97. The first-order chi connectivity index (χ1) is 13.9. The third kappa shape index (κ3) is 4.52. The summed E-state index contributed by atoms with van der Waals surface area (Å²) in [7, 11) is 1.61. The standard InChI is InChI=1S/C21H23ClN2O5/c1-14(25)15-3-5-18(19(11-15)24(26)27)23-13-21(7-9-29-10-8-21)17-12-16(22)4-6-20(17)28-2/h3-6,11-12,23H,7-10,13H2,1-2H3. The molecule has 8 heteroatoms. The molecule has 0 aromatic heterocycles. The minimum absolute atomic E-state index is 0.127. The number of nitrogens with one attached hydrogen (secondary N) is 1. The van der Waals surface area contributed by atoms with Crippen LogP contribution in [0.25, 0.3) is 0 Å². The number of Topliss-reactive ketones (excluding diaryl/α,β-unsaturated/α-hetero) is 1. The van der Waals surface area contributed by atoms with Gasteiger partial charge >= 0.3 is 0 Å². The predicted octanol–water partition coefficient (Wildman–Crippen LogP) is 4.62. The molecule has 0 amide bonds. The summed E-state index contributed by atoms with van der Waals surface area (Å²) < 4.78 is 11.1. The van der Waals surface area contributed by atoms with Gasteiger partial charge in [0.15, 0.2) is 5.78 Å². The van der Waals surface area contributed by atoms with E-state index < -0.39 is 4.92 Å². The van der Waals surface area contributed by atoms with E-state index in [1.807, 2.05) is 12.1 Å². The van der Waals surface area contributed by atoms with Crippen LogP contribution in [0.5, 0.6) is 5.75 Å². The highest BCUT2D eigenvalue weighted by molar-refractivity contribution is 6.30. The molecule has 1 aliphatic rings. The highest BCUT2D eigenvalue weighted by atomic mass is 35.5. The molecular weight excluding hydrogens is 396 g/mol. The minimum atomic E-state index is -0.481. The largest absolute Gasteiger partial charge is 0.496 e. The molecule has 2 aromatic rings. The molecular formula is C21H23ClN2O5. The normalized spacial score (nSPS) is 15.6. The van der Waals surface area contributed by atoms with Gasteiger partial charge in [0.25, 0.3) is 5.69 Å². The van der Waals surface area contributed by atoms with Crippen molar-refractivity contribution in [3.05, 3.63) is 62.7 Å². The second-order valence-electron chi connectivity index (χ2n) is 7.14. The lowest BCUT2D eigenvalue weighted by molar-refractivity contribution is -0.384. The Morgan fingerprint density at radius 3 is 2.62 bits per heavy atom. The Morgan fingerprint density at radius 1 is 1.28 bits per heavy atom. The van der Waals surface area contributed by atoms with Crippen LogP contribution in [-0.2, 0) is 10.2 Å². The molecule has 1 aliphatic heterocycles. The zero-order valence-electron chi connectivity index (χ0n) is 16.4. The number of carbonyl (C=O) groups excluding carboxylic acids is 1. The Bertz CT molecular complexity index is 925. The van der Waals surface area contributed by atoms with E-state index in [4.69, 9.17) is 21.1 Å². The summed E-state index contributed by atoms with van der Waals surface area (Å²) in [5.41, 5.74) is 1.14. The van der Waals surface area contributed by atoms with Gasteiger partial charge in [-0.1, -0.05) is 11.6 Å². The molecule has 0 unspecified atom stereocenters. The van der Waals surface area contributed by atoms with E-state index in [2.05, 4.69) is 5.32 Å². The van der Waals surface area contributed by atoms with E-state index in [0.717, 1.165) is 24.2 Å². The molecule has 0 spiro atoms. The number of benzene rings is 2. The molecule has 0 atom stereocenters. The number of hydrogen-bond acceptors (Lipinski definition) is 6. The second kappa shape index (κ2) is 8.80. The Labute approximate surface area is 174 Å². The summed E-state index contributed by atoms with van der Waals surface area (Å²) in [5, 5.41) is 15.4. The van der Waals surface area contributed by atoms with Gasteiger partial charge in [0.05, 0.1) is 12.0 Å². The van der Waals surface area contributed by atoms with Gasteiger partial charge < -0.3 is 14.8 Å². The van der Waals surface area contributed by atoms with Crippen molar-refractivity contribution < 1.29 is 19.2 Å². The number of ether oxygens (including phenoxy) is 2. The van der Waals surface area contributed by atoms with Crippen LogP contribution in [0.2, 0.25) is 5.02 Å². The zero-order valence-corrected chi connectivity index (χ0v) is 17.1. The first-order valence-electron chi connectivity index (χ1n) is 9.31. The average molecular weight is 419 g/mol. The molecule has 1 saturated heterocycles. The summed E-state index contributed by atoms with van der Waals surface area (Å²) >= 11 is 6.26. The van der Waals surface area contributed by atoms with Gasteiger partial charge in [-0.3, -0.25) is 14.9 Å². The SMILES string of the molecule is COc1ccc(Cl)cc1C1(CNc2ccc(C(C)=O)cc2[N+](=O)[O-])CCOCC1. The number of nitro groups is 1. The Kier molecular flexibility index (Phi) is 6.39. The Hall–Kier alpha value is -2.64. The van der Waals surface area contributed by atoms with Crippen LogP contribution in [0, 0.1) is 10.1 Å². The van der Waals surface area contributed by atoms with Gasteiger partial charge in [0, 0.05) is 47.4 Å². The third-order valence-corrected chi connectivity index (χ3v) is 5.64. The van der Waals surface area contributed by atoms with Crippen molar-refractivity contribution >= 4 is 28.8 Å². The van der Waals surface area contributed by atoms with Crippen LogP contribution in [0.15, 0.2) is 36.4 Å². The van der Waals surface area contributed by atoms with Gasteiger partial charge in [-0.05, 0) is 50.1 Å². The van der Waals surface area contributed by atoms with Crippen LogP contribution in [0.3, 0.4) is 0 Å². The van der Waals surface area contributed by atoms with Crippen molar-refractivity contribution in [2.75, 3.05) is 32.2 Å². The van der Waals surface area contributed by atoms with Gasteiger partial charge in [-0.2, -0.15) is 0 Å². The number of anilines is 1. The van der Waals surface area contributed by atoms with E-state index in [1.165, 1.54) is 13.0 Å². The maximum Gasteiger partial charge on any atom is 0.293 e. The fourth-order valence-electron chi connectivity index (χ4n) is 3.71. The number of nitrogens with zero attached hydrogens (tertiary/aromatic N) is 1. The zero-order chi connectivity index (χ0) is 21.0. The molecule has 0 radical (unpaired) electrons. The lowest BCUT2D eigenvalue weighted by atomic mass is 9.73. The quantitative estimate of drug-likeness (QED) is 0.401. The fraction of sp³-hybridized carbons (Fsp3) is 0.381. The van der Waals surface area contributed by atoms with E-state index in [-0.39, 0.29) is 16.9 Å². The van der Waals surface area contributed by atoms with Crippen LogP contribution in [0.1, 0.15) is 35.7 Å². The molecule has 1 fully saturated rings. The third-order valence-electron chi connectivity index (χ3n) is 5.40. The maximum atomic E-state index is 11.6. The molecule has 1 heterocycles. The smallest absolute Gasteiger partial charge is 0.293 e. The molecule has 154 valence electrons. The topological polar surface area (TPSA) is 90.7 Å². The number of nitro benzene ring substituents is 1. The Balaban J connectivity index is 1.96. The van der Waals surface area contributed by atoms with Gasteiger partial charge in [0.1, 0.15) is 11.4 Å². The number of halogens is 1. The van der Waals surface area contributed by atoms with E-state index >= 15 is 0 Å². The number of hydrogen-bond donors (Lipinski definition) is 1. The van der Waals surface area contributed by atoms with Crippen LogP contribution in [-0.4, -0.2) is 37.6 Å². The van der Waals surface area contributed by atoms with Crippen molar-refractivity contribution in [3.8, 4) is 5.75 Å². The molecule has 7 nitrogen and oxygen atoms in total. The number of rotatable bonds is 7. The lowest BCUT2D eigenvalue weighted by Gasteiger charge is -2.39. The monoisotopic (exact) mass is 418 g/mol. The van der Waals surface area contributed by atoms with Crippen molar-refractivity contribution in [2.45, 2.75) is 25.2 Å². The van der Waals surface area contributed by atoms with E-state index in [1.54, 1.807) is 25.3 Å². The van der Waals surface area contributed by atoms with Crippen molar-refractivity contribution in [1.29, 1.82) is 0 Å². The van der Waals surface area contributed by atoms with Gasteiger partial charge in [-0.15, -0.1) is 0 Å². The summed E-state index contributed by atoms with van der Waals surface area (Å²) in [5.74, 6) is 0.503. The number of ketones is 1. The van der Waals surface area contributed by atoms with E-state index in [9.17, 15) is 14.9 Å². The van der Waals surface area contributed by atoms with Crippen molar-refractivity contribution in [2.24, 2.45) is 0 Å². The highest BCUT2D eigenvalue weighted by Crippen LogP contribution is 2.41. The summed E-state index contributed by atoms with van der Waals surface area (Å²) in [6, 6.07) is 9.97. The average Bonchev–Trinajstić information content (AvgIpc) is 2.72.